The molecule has 0 fully saturated rings. The highest BCUT2D eigenvalue weighted by Gasteiger charge is 2.10. The van der Waals surface area contributed by atoms with Crippen molar-refractivity contribution in [3.8, 4) is 0 Å². The first-order valence-electron chi connectivity index (χ1n) is 7.84. The molecule has 0 unspecified atom stereocenters. The van der Waals surface area contributed by atoms with Gasteiger partial charge in [0.1, 0.15) is 0 Å². The molecule has 0 aliphatic rings. The molecule has 0 heterocycles. The van der Waals surface area contributed by atoms with Crippen molar-refractivity contribution in [1.82, 2.24) is 0 Å². The van der Waals surface area contributed by atoms with Crippen LogP contribution in [0.25, 0.3) is 0 Å². The van der Waals surface area contributed by atoms with E-state index in [1.54, 1.807) is 6.92 Å². The summed E-state index contributed by atoms with van der Waals surface area (Å²) in [6.45, 7) is 1.82. The molecule has 1 aromatic rings. The molecule has 0 radical (unpaired) electrons. The molecule has 0 saturated carbocycles. The van der Waals surface area contributed by atoms with Crippen molar-refractivity contribution in [2.24, 2.45) is 0 Å². The number of para-hydroxylation sites is 1. The van der Waals surface area contributed by atoms with Crippen molar-refractivity contribution in [2.45, 2.75) is 45.4 Å². The Morgan fingerprint density at radius 3 is 2.26 bits per heavy atom. The van der Waals surface area contributed by atoms with Gasteiger partial charge in [0.2, 0.25) is 5.91 Å². The Morgan fingerprint density at radius 1 is 0.957 bits per heavy atom. The van der Waals surface area contributed by atoms with Gasteiger partial charge < -0.3 is 14.8 Å². The lowest BCUT2D eigenvalue weighted by Crippen LogP contribution is -2.13. The molecule has 1 N–H and O–H groups in total. The Hall–Kier alpha value is -2.37. The van der Waals surface area contributed by atoms with E-state index in [2.05, 4.69) is 14.8 Å². The molecule has 0 aromatic heterocycles. The third-order valence-electron chi connectivity index (χ3n) is 3.05. The summed E-state index contributed by atoms with van der Waals surface area (Å²) in [5, 5.41) is 2.82. The molecule has 23 heavy (non-hydrogen) atoms. The minimum Gasteiger partial charge on any atom is -0.434 e. The Bertz CT molecular complexity index is 501. The predicted octanol–water partition coefficient (Wildman–Crippen LogP) is 3.67. The van der Waals surface area contributed by atoms with Crippen LogP contribution in [0.2, 0.25) is 0 Å². The van der Waals surface area contributed by atoms with E-state index in [4.69, 9.17) is 0 Å². The molecular formula is C17H23NO5. The summed E-state index contributed by atoms with van der Waals surface area (Å²) in [5.41, 5.74) is 0.791. The van der Waals surface area contributed by atoms with E-state index >= 15 is 0 Å². The zero-order valence-electron chi connectivity index (χ0n) is 13.4. The van der Waals surface area contributed by atoms with Crippen LogP contribution in [0.4, 0.5) is 10.5 Å². The Kier molecular flexibility index (Phi) is 9.12. The number of nitrogens with one attached hydrogen (secondary N) is 1. The van der Waals surface area contributed by atoms with E-state index in [0.717, 1.165) is 24.9 Å². The van der Waals surface area contributed by atoms with Crippen molar-refractivity contribution in [3.05, 3.63) is 30.3 Å². The Labute approximate surface area is 136 Å². The third kappa shape index (κ3) is 9.29. The average Bonchev–Trinajstić information content (AvgIpc) is 2.51. The Balaban J connectivity index is 2.01. The molecule has 126 valence electrons. The maximum atomic E-state index is 11.7. The highest BCUT2D eigenvalue weighted by molar-refractivity contribution is 5.90. The number of benzene rings is 1. The fourth-order valence-corrected chi connectivity index (χ4v) is 1.94. The second-order valence-corrected chi connectivity index (χ2v) is 4.99. The summed E-state index contributed by atoms with van der Waals surface area (Å²) in [6, 6.07) is 9.30. The van der Waals surface area contributed by atoms with Crippen LogP contribution >= 0.6 is 0 Å². The van der Waals surface area contributed by atoms with E-state index in [9.17, 15) is 14.4 Å². The molecule has 0 saturated heterocycles. The van der Waals surface area contributed by atoms with Crippen LogP contribution in [-0.2, 0) is 19.1 Å². The van der Waals surface area contributed by atoms with Crippen molar-refractivity contribution in [2.75, 3.05) is 11.9 Å². The summed E-state index contributed by atoms with van der Waals surface area (Å²) < 4.78 is 8.94. The van der Waals surface area contributed by atoms with E-state index in [-0.39, 0.29) is 18.9 Å². The quantitative estimate of drug-likeness (QED) is 0.426. The molecule has 0 aliphatic carbocycles. The third-order valence-corrected chi connectivity index (χ3v) is 3.05. The molecule has 1 aromatic carbocycles. The minimum absolute atomic E-state index is 0.0158. The van der Waals surface area contributed by atoms with Gasteiger partial charge in [0.15, 0.2) is 0 Å². The second kappa shape index (κ2) is 11.2. The van der Waals surface area contributed by atoms with Gasteiger partial charge in [-0.2, -0.15) is 0 Å². The van der Waals surface area contributed by atoms with Crippen molar-refractivity contribution in [1.29, 1.82) is 0 Å². The van der Waals surface area contributed by atoms with Crippen LogP contribution in [0.1, 0.15) is 45.4 Å². The van der Waals surface area contributed by atoms with Crippen molar-refractivity contribution in [3.63, 3.8) is 0 Å². The smallest absolute Gasteiger partial charge is 0.434 e. The molecule has 0 spiro atoms. The zero-order chi connectivity index (χ0) is 16.9. The lowest BCUT2D eigenvalue weighted by atomic mass is 10.1. The number of hydrogen-bond donors (Lipinski definition) is 1. The fraction of sp³-hybridized carbons (Fsp3) is 0.471. The van der Waals surface area contributed by atoms with Gasteiger partial charge in [0.05, 0.1) is 6.61 Å². The van der Waals surface area contributed by atoms with Gasteiger partial charge in [-0.3, -0.25) is 9.59 Å². The van der Waals surface area contributed by atoms with Crippen LogP contribution < -0.4 is 5.32 Å². The van der Waals surface area contributed by atoms with E-state index in [0.29, 0.717) is 12.8 Å². The van der Waals surface area contributed by atoms with Crippen molar-refractivity contribution < 1.29 is 23.9 Å². The second-order valence-electron chi connectivity index (χ2n) is 4.99. The first-order chi connectivity index (χ1) is 11.1. The molecule has 0 bridgehead atoms. The highest BCUT2D eigenvalue weighted by Crippen LogP contribution is 2.09. The summed E-state index contributed by atoms with van der Waals surface area (Å²) in [4.78, 5) is 33.9. The zero-order valence-corrected chi connectivity index (χ0v) is 13.4. The normalized spacial score (nSPS) is 9.96. The lowest BCUT2D eigenvalue weighted by molar-refractivity contribution is -0.139. The van der Waals surface area contributed by atoms with Gasteiger partial charge >= 0.3 is 12.1 Å². The van der Waals surface area contributed by atoms with E-state index in [1.165, 1.54) is 0 Å². The molecular weight excluding hydrogens is 298 g/mol. The number of anilines is 1. The van der Waals surface area contributed by atoms with Crippen LogP contribution in [0.3, 0.4) is 0 Å². The minimum atomic E-state index is -0.949. The summed E-state index contributed by atoms with van der Waals surface area (Å²) >= 11 is 0. The number of carbonyl (C=O) groups is 3. The maximum absolute atomic E-state index is 11.7. The summed E-state index contributed by atoms with van der Waals surface area (Å²) in [5.74, 6) is -0.594. The van der Waals surface area contributed by atoms with Crippen molar-refractivity contribution >= 4 is 23.7 Å². The van der Waals surface area contributed by atoms with Gasteiger partial charge in [-0.25, -0.2) is 4.79 Å². The first kappa shape index (κ1) is 18.7. The number of esters is 1. The van der Waals surface area contributed by atoms with Gasteiger partial charge in [0, 0.05) is 18.5 Å². The van der Waals surface area contributed by atoms with Crippen LogP contribution in [0, 0.1) is 0 Å². The van der Waals surface area contributed by atoms with E-state index < -0.39 is 12.1 Å². The molecule has 0 atom stereocenters. The number of rotatable bonds is 9. The largest absolute Gasteiger partial charge is 0.516 e. The predicted molar refractivity (Wildman–Crippen MR) is 85.9 cm³/mol. The summed E-state index contributed by atoms with van der Waals surface area (Å²) in [7, 11) is 0. The molecule has 1 amide bonds. The molecule has 6 heteroatoms. The number of amides is 1. The van der Waals surface area contributed by atoms with Crippen LogP contribution in [0.15, 0.2) is 30.3 Å². The average molecular weight is 321 g/mol. The van der Waals surface area contributed by atoms with Gasteiger partial charge in [-0.1, -0.05) is 31.0 Å². The SMILES string of the molecule is CCOC(=O)OC(=O)CCCCCCC(=O)Nc1ccccc1. The van der Waals surface area contributed by atoms with Gasteiger partial charge in [-0.15, -0.1) is 0 Å². The molecule has 6 nitrogen and oxygen atoms in total. The topological polar surface area (TPSA) is 81.7 Å². The summed E-state index contributed by atoms with van der Waals surface area (Å²) in [6.07, 6.45) is 2.70. The number of hydrogen-bond acceptors (Lipinski definition) is 5. The van der Waals surface area contributed by atoms with Crippen LogP contribution in [-0.4, -0.2) is 24.6 Å². The molecule has 0 aliphatic heterocycles. The molecule has 1 rings (SSSR count). The van der Waals surface area contributed by atoms with E-state index in [1.807, 2.05) is 30.3 Å². The van der Waals surface area contributed by atoms with Gasteiger partial charge in [0.25, 0.3) is 0 Å². The lowest BCUT2D eigenvalue weighted by Gasteiger charge is -2.05. The van der Waals surface area contributed by atoms with Crippen LogP contribution in [0.5, 0.6) is 0 Å². The number of ether oxygens (including phenoxy) is 2. The highest BCUT2D eigenvalue weighted by atomic mass is 16.7. The number of unbranched alkanes of at least 4 members (excludes halogenated alkanes) is 3. The number of carbonyl (C=O) groups excluding carboxylic acids is 3. The first-order valence-corrected chi connectivity index (χ1v) is 7.84. The monoisotopic (exact) mass is 321 g/mol. The van der Waals surface area contributed by atoms with Gasteiger partial charge in [-0.05, 0) is 31.9 Å². The fourth-order valence-electron chi connectivity index (χ4n) is 1.94. The Morgan fingerprint density at radius 2 is 1.61 bits per heavy atom. The maximum Gasteiger partial charge on any atom is 0.516 e. The standard InChI is InChI=1S/C17H23NO5/c1-2-22-17(21)23-16(20)13-9-4-3-8-12-15(19)18-14-10-6-5-7-11-14/h5-7,10-11H,2-4,8-9,12-13H2,1H3,(H,18,19).